The van der Waals surface area contributed by atoms with Gasteiger partial charge >= 0.3 is 0 Å². The van der Waals surface area contributed by atoms with Crippen molar-refractivity contribution in [2.75, 3.05) is 12.3 Å². The van der Waals surface area contributed by atoms with Gasteiger partial charge in [0.2, 0.25) is 0 Å². The minimum Gasteiger partial charge on any atom is -0.350 e. The fraction of sp³-hybridized carbons (Fsp3) is 0.412. The number of thiazole rings is 1. The number of aromatic nitrogens is 1. The van der Waals surface area contributed by atoms with Gasteiger partial charge < -0.3 is 5.32 Å². The normalized spacial score (nSPS) is 15.4. The van der Waals surface area contributed by atoms with Crippen molar-refractivity contribution in [3.63, 3.8) is 0 Å². The van der Waals surface area contributed by atoms with Crippen LogP contribution in [0.1, 0.15) is 47.0 Å². The molecule has 5 nitrogen and oxygen atoms in total. The Bertz CT molecular complexity index is 841. The van der Waals surface area contributed by atoms with Crippen molar-refractivity contribution in [1.82, 2.24) is 10.3 Å². The van der Waals surface area contributed by atoms with Gasteiger partial charge in [-0.3, -0.25) is 4.79 Å². The molecule has 0 saturated heterocycles. The number of carbonyl (C=O) groups excluding carboxylic acids is 1. The van der Waals surface area contributed by atoms with E-state index in [1.54, 1.807) is 5.51 Å². The van der Waals surface area contributed by atoms with Crippen molar-refractivity contribution in [3.05, 3.63) is 45.4 Å². The zero-order chi connectivity index (χ0) is 17.9. The molecule has 1 aromatic carbocycles. The molecule has 25 heavy (non-hydrogen) atoms. The molecule has 1 saturated carbocycles. The van der Waals surface area contributed by atoms with Gasteiger partial charge in [0.05, 0.1) is 21.9 Å². The highest BCUT2D eigenvalue weighted by molar-refractivity contribution is 7.91. The summed E-state index contributed by atoms with van der Waals surface area (Å²) in [5.41, 5.74) is 2.55. The molecular weight excluding hydrogens is 380 g/mol. The molecule has 1 N–H and O–H groups in total. The summed E-state index contributed by atoms with van der Waals surface area (Å²) >= 11 is 7.09. The molecule has 134 valence electrons. The van der Waals surface area contributed by atoms with Crippen LogP contribution in [-0.2, 0) is 9.84 Å². The van der Waals surface area contributed by atoms with Gasteiger partial charge in [0.15, 0.2) is 9.84 Å². The zero-order valence-electron chi connectivity index (χ0n) is 13.6. The van der Waals surface area contributed by atoms with Crippen LogP contribution in [0.25, 0.3) is 0 Å². The van der Waals surface area contributed by atoms with E-state index in [1.807, 2.05) is 0 Å². The molecule has 0 unspecified atom stereocenters. The molecule has 1 aromatic heterocycles. The minimum absolute atomic E-state index is 0.0613. The van der Waals surface area contributed by atoms with Gasteiger partial charge in [0.25, 0.3) is 5.91 Å². The van der Waals surface area contributed by atoms with Crippen LogP contribution in [0.15, 0.2) is 34.7 Å². The Balaban J connectivity index is 1.59. The quantitative estimate of drug-likeness (QED) is 0.805. The van der Waals surface area contributed by atoms with Crippen LogP contribution in [0.5, 0.6) is 0 Å². The highest BCUT2D eigenvalue weighted by atomic mass is 35.5. The summed E-state index contributed by atoms with van der Waals surface area (Å²) in [4.78, 5) is 17.6. The van der Waals surface area contributed by atoms with E-state index in [4.69, 9.17) is 11.6 Å². The van der Waals surface area contributed by atoms with Gasteiger partial charge in [-0.05, 0) is 37.1 Å². The number of amides is 1. The topological polar surface area (TPSA) is 76.1 Å². The molecule has 0 atom stereocenters. The summed E-state index contributed by atoms with van der Waals surface area (Å²) in [7, 11) is -3.45. The molecule has 3 rings (SSSR count). The standard InChI is InChI=1S/C17H19ClN2O3S2/c18-13-5-7-14(8-6-13)25(22,23)10-9-19-17(21)16-15(20-11-24-16)12-3-1-2-4-12/h5-8,11-12H,1-4,9-10H2,(H,19,21). The number of sulfone groups is 1. The number of benzene rings is 1. The number of carbonyl (C=O) groups is 1. The Hall–Kier alpha value is -1.44. The molecule has 1 aliphatic rings. The van der Waals surface area contributed by atoms with E-state index in [0.29, 0.717) is 15.8 Å². The van der Waals surface area contributed by atoms with Crippen molar-refractivity contribution in [2.24, 2.45) is 0 Å². The lowest BCUT2D eigenvalue weighted by Gasteiger charge is -2.10. The van der Waals surface area contributed by atoms with Gasteiger partial charge in [-0.25, -0.2) is 13.4 Å². The maximum atomic E-state index is 12.4. The minimum atomic E-state index is -3.45. The molecule has 8 heteroatoms. The van der Waals surface area contributed by atoms with E-state index < -0.39 is 9.84 Å². The highest BCUT2D eigenvalue weighted by Gasteiger charge is 2.25. The number of rotatable bonds is 6. The van der Waals surface area contributed by atoms with Crippen molar-refractivity contribution in [2.45, 2.75) is 36.5 Å². The van der Waals surface area contributed by atoms with Crippen LogP contribution in [0.2, 0.25) is 5.02 Å². The van der Waals surface area contributed by atoms with Crippen LogP contribution in [-0.4, -0.2) is 31.6 Å². The Morgan fingerprint density at radius 1 is 1.24 bits per heavy atom. The Kier molecular flexibility index (Phi) is 5.76. The lowest BCUT2D eigenvalue weighted by atomic mass is 10.0. The lowest BCUT2D eigenvalue weighted by molar-refractivity contribution is 0.0958. The zero-order valence-corrected chi connectivity index (χ0v) is 16.0. The molecule has 1 fully saturated rings. The van der Waals surface area contributed by atoms with Crippen molar-refractivity contribution >= 4 is 38.7 Å². The third-order valence-electron chi connectivity index (χ3n) is 4.37. The van der Waals surface area contributed by atoms with Gasteiger partial charge in [0.1, 0.15) is 4.88 Å². The fourth-order valence-corrected chi connectivity index (χ4v) is 5.13. The molecule has 0 radical (unpaired) electrons. The average molecular weight is 399 g/mol. The molecule has 1 amide bonds. The van der Waals surface area contributed by atoms with E-state index in [-0.39, 0.29) is 23.1 Å². The molecule has 2 aromatic rings. The van der Waals surface area contributed by atoms with E-state index in [1.165, 1.54) is 48.4 Å². The highest BCUT2D eigenvalue weighted by Crippen LogP contribution is 2.36. The summed E-state index contributed by atoms with van der Waals surface area (Å²) in [5, 5.41) is 3.20. The van der Waals surface area contributed by atoms with Crippen LogP contribution < -0.4 is 5.32 Å². The molecule has 1 aliphatic carbocycles. The number of halogens is 1. The van der Waals surface area contributed by atoms with Crippen molar-refractivity contribution < 1.29 is 13.2 Å². The third kappa shape index (κ3) is 4.40. The monoisotopic (exact) mass is 398 g/mol. The number of hydrogen-bond donors (Lipinski definition) is 1. The average Bonchev–Trinajstić information content (AvgIpc) is 3.26. The van der Waals surface area contributed by atoms with Gasteiger partial charge in [-0.15, -0.1) is 11.3 Å². The summed E-state index contributed by atoms with van der Waals surface area (Å²) in [5.74, 6) is -0.0432. The molecule has 0 spiro atoms. The Morgan fingerprint density at radius 3 is 2.60 bits per heavy atom. The fourth-order valence-electron chi connectivity index (χ4n) is 3.05. The first-order valence-electron chi connectivity index (χ1n) is 8.17. The first kappa shape index (κ1) is 18.4. The van der Waals surface area contributed by atoms with Crippen LogP contribution in [0.4, 0.5) is 0 Å². The second kappa shape index (κ2) is 7.85. The largest absolute Gasteiger partial charge is 0.350 e. The lowest BCUT2D eigenvalue weighted by Crippen LogP contribution is -2.29. The van der Waals surface area contributed by atoms with Crippen LogP contribution >= 0.6 is 22.9 Å². The summed E-state index contributed by atoms with van der Waals surface area (Å²) in [6.07, 6.45) is 4.47. The Morgan fingerprint density at radius 2 is 1.92 bits per heavy atom. The number of nitrogens with zero attached hydrogens (tertiary/aromatic N) is 1. The molecular formula is C17H19ClN2O3S2. The summed E-state index contributed by atoms with van der Waals surface area (Å²) in [6.45, 7) is 0.0613. The summed E-state index contributed by atoms with van der Waals surface area (Å²) < 4.78 is 24.6. The van der Waals surface area contributed by atoms with E-state index >= 15 is 0 Å². The van der Waals surface area contributed by atoms with E-state index in [0.717, 1.165) is 18.5 Å². The Labute approximate surface area is 156 Å². The first-order valence-corrected chi connectivity index (χ1v) is 11.1. The van der Waals surface area contributed by atoms with Gasteiger partial charge in [-0.1, -0.05) is 24.4 Å². The van der Waals surface area contributed by atoms with Gasteiger partial charge in [0, 0.05) is 17.5 Å². The van der Waals surface area contributed by atoms with Crippen LogP contribution in [0.3, 0.4) is 0 Å². The maximum Gasteiger partial charge on any atom is 0.263 e. The van der Waals surface area contributed by atoms with Gasteiger partial charge in [-0.2, -0.15) is 0 Å². The van der Waals surface area contributed by atoms with E-state index in [9.17, 15) is 13.2 Å². The van der Waals surface area contributed by atoms with E-state index in [2.05, 4.69) is 10.3 Å². The number of nitrogens with one attached hydrogen (secondary N) is 1. The second-order valence-corrected chi connectivity index (χ2v) is 9.48. The van der Waals surface area contributed by atoms with Crippen molar-refractivity contribution in [3.8, 4) is 0 Å². The predicted molar refractivity (Wildman–Crippen MR) is 99.2 cm³/mol. The SMILES string of the molecule is O=C(NCCS(=O)(=O)c1ccc(Cl)cc1)c1scnc1C1CCCC1. The smallest absolute Gasteiger partial charge is 0.263 e. The molecule has 0 bridgehead atoms. The van der Waals surface area contributed by atoms with Crippen LogP contribution in [0, 0.1) is 0 Å². The maximum absolute atomic E-state index is 12.4. The molecule has 1 heterocycles. The predicted octanol–water partition coefficient (Wildman–Crippen LogP) is 3.66. The first-order chi connectivity index (χ1) is 12.0. The molecule has 0 aliphatic heterocycles. The van der Waals surface area contributed by atoms with Crippen molar-refractivity contribution in [1.29, 1.82) is 0 Å². The number of hydrogen-bond acceptors (Lipinski definition) is 5. The summed E-state index contributed by atoms with van der Waals surface area (Å²) in [6, 6.07) is 6.03. The second-order valence-electron chi connectivity index (χ2n) is 6.08. The third-order valence-corrected chi connectivity index (χ3v) is 7.20.